The van der Waals surface area contributed by atoms with E-state index in [9.17, 15) is 18.7 Å². The van der Waals surface area contributed by atoms with Gasteiger partial charge in [-0.15, -0.1) is 0 Å². The van der Waals surface area contributed by atoms with Crippen molar-refractivity contribution in [2.75, 3.05) is 13.2 Å². The Hall–Kier alpha value is -2.80. The van der Waals surface area contributed by atoms with E-state index in [1.54, 1.807) is 0 Å². The molecule has 5 nitrogen and oxygen atoms in total. The van der Waals surface area contributed by atoms with E-state index >= 15 is 0 Å². The molecule has 1 atom stereocenters. The Labute approximate surface area is 159 Å². The Bertz CT molecular complexity index is 1110. The molecule has 1 aromatic heterocycles. The maximum absolute atomic E-state index is 13.7. The lowest BCUT2D eigenvalue weighted by atomic mass is 9.83. The van der Waals surface area contributed by atoms with Gasteiger partial charge in [0.25, 0.3) is 0 Å². The molecule has 0 amide bonds. The Morgan fingerprint density at radius 3 is 2.82 bits per heavy atom. The summed E-state index contributed by atoms with van der Waals surface area (Å²) in [4.78, 5) is 18.6. The van der Waals surface area contributed by atoms with Crippen molar-refractivity contribution >= 4 is 22.6 Å². The topological polar surface area (TPSA) is 62.7 Å². The van der Waals surface area contributed by atoms with Gasteiger partial charge in [0.15, 0.2) is 11.6 Å². The lowest BCUT2D eigenvalue weighted by Crippen LogP contribution is -2.35. The van der Waals surface area contributed by atoms with Gasteiger partial charge in [-0.3, -0.25) is 4.79 Å². The maximum atomic E-state index is 13.7. The quantitative estimate of drug-likeness (QED) is 0.766. The third-order valence-corrected chi connectivity index (χ3v) is 5.85. The molecule has 0 spiro atoms. The van der Waals surface area contributed by atoms with Crippen LogP contribution in [0.15, 0.2) is 35.4 Å². The fourth-order valence-electron chi connectivity index (χ4n) is 4.31. The minimum Gasteiger partial charge on any atom is -0.461 e. The number of benzene rings is 1. The first-order valence-electron chi connectivity index (χ1n) is 9.24. The van der Waals surface area contributed by atoms with E-state index in [1.165, 1.54) is 0 Å². The summed E-state index contributed by atoms with van der Waals surface area (Å²) < 4.78 is 32.5. The van der Waals surface area contributed by atoms with Crippen molar-refractivity contribution < 1.29 is 23.4 Å². The van der Waals surface area contributed by atoms with Crippen LogP contribution in [-0.2, 0) is 16.1 Å². The maximum Gasteiger partial charge on any atom is 0.309 e. The smallest absolute Gasteiger partial charge is 0.309 e. The number of ether oxygens (including phenoxy) is 1. The lowest BCUT2D eigenvalue weighted by molar-refractivity contribution is -0.145. The molecule has 144 valence electrons. The Kier molecular flexibility index (Phi) is 3.61. The zero-order valence-electron chi connectivity index (χ0n) is 15.3. The van der Waals surface area contributed by atoms with Crippen LogP contribution in [0.2, 0.25) is 0 Å². The van der Waals surface area contributed by atoms with Crippen LogP contribution < -0.4 is 0 Å². The predicted octanol–water partition coefficient (Wildman–Crippen LogP) is 3.07. The summed E-state index contributed by atoms with van der Waals surface area (Å²) in [6, 6.07) is 4.09. The van der Waals surface area contributed by atoms with Gasteiger partial charge in [0, 0.05) is 24.5 Å². The monoisotopic (exact) mass is 384 g/mol. The van der Waals surface area contributed by atoms with Gasteiger partial charge in [0.05, 0.1) is 23.3 Å². The summed E-state index contributed by atoms with van der Waals surface area (Å²) in [7, 11) is 0. The van der Waals surface area contributed by atoms with Crippen LogP contribution in [-0.4, -0.2) is 39.7 Å². The number of cyclic esters (lactones) is 1. The molecule has 7 heteroatoms. The molecule has 0 aliphatic carbocycles. The molecule has 4 heterocycles. The molecular formula is C21H18F2N2O3. The van der Waals surface area contributed by atoms with Crippen molar-refractivity contribution in [1.29, 1.82) is 0 Å². The number of esters is 1. The van der Waals surface area contributed by atoms with Crippen LogP contribution in [0.3, 0.4) is 0 Å². The zero-order chi connectivity index (χ0) is 19.6. The van der Waals surface area contributed by atoms with Crippen molar-refractivity contribution in [3.05, 3.63) is 58.3 Å². The SMILES string of the molecule is CC[C@@]1(O)CC(=O)OCC2=C1C=C1c3nc4cc(F)c(F)cc4cc3CN1C2. The van der Waals surface area contributed by atoms with Crippen LogP contribution in [0, 0.1) is 11.6 Å². The number of pyridine rings is 1. The highest BCUT2D eigenvalue weighted by atomic mass is 19.2. The van der Waals surface area contributed by atoms with Crippen LogP contribution in [0.1, 0.15) is 31.0 Å². The molecule has 0 fully saturated rings. The molecule has 2 aromatic rings. The van der Waals surface area contributed by atoms with Gasteiger partial charge in [-0.05, 0) is 41.3 Å². The van der Waals surface area contributed by atoms with Gasteiger partial charge in [-0.25, -0.2) is 13.8 Å². The second-order valence-electron chi connectivity index (χ2n) is 7.58. The number of rotatable bonds is 1. The summed E-state index contributed by atoms with van der Waals surface area (Å²) in [5, 5.41) is 11.6. The van der Waals surface area contributed by atoms with E-state index in [4.69, 9.17) is 4.74 Å². The fourth-order valence-corrected chi connectivity index (χ4v) is 4.31. The molecule has 0 saturated heterocycles. The summed E-state index contributed by atoms with van der Waals surface area (Å²) in [5.74, 6) is -2.25. The number of aromatic nitrogens is 1. The molecular weight excluding hydrogens is 366 g/mol. The predicted molar refractivity (Wildman–Crippen MR) is 97.9 cm³/mol. The van der Waals surface area contributed by atoms with Gasteiger partial charge >= 0.3 is 5.97 Å². The molecule has 3 aliphatic heterocycles. The van der Waals surface area contributed by atoms with E-state index in [0.29, 0.717) is 41.7 Å². The Balaban J connectivity index is 1.66. The number of halogens is 2. The van der Waals surface area contributed by atoms with Crippen LogP contribution in [0.5, 0.6) is 0 Å². The number of hydrogen-bond acceptors (Lipinski definition) is 5. The second kappa shape index (κ2) is 5.85. The van der Waals surface area contributed by atoms with Gasteiger partial charge in [0.2, 0.25) is 0 Å². The highest BCUT2D eigenvalue weighted by molar-refractivity contribution is 5.85. The first kappa shape index (κ1) is 17.3. The molecule has 0 bridgehead atoms. The molecule has 3 aliphatic rings. The minimum absolute atomic E-state index is 0.0887. The number of aliphatic hydroxyl groups is 1. The highest BCUT2D eigenvalue weighted by Crippen LogP contribution is 2.42. The van der Waals surface area contributed by atoms with Gasteiger partial charge in [0.1, 0.15) is 12.2 Å². The third kappa shape index (κ3) is 2.46. The first-order valence-corrected chi connectivity index (χ1v) is 9.24. The van der Waals surface area contributed by atoms with E-state index in [-0.39, 0.29) is 13.0 Å². The second-order valence-corrected chi connectivity index (χ2v) is 7.58. The summed E-state index contributed by atoms with van der Waals surface area (Å²) in [5.41, 5.74) is 3.10. The zero-order valence-corrected chi connectivity index (χ0v) is 15.3. The van der Waals surface area contributed by atoms with Gasteiger partial charge < -0.3 is 14.7 Å². The summed E-state index contributed by atoms with van der Waals surface area (Å²) in [6.07, 6.45) is 2.16. The van der Waals surface area contributed by atoms with E-state index in [2.05, 4.69) is 9.88 Å². The number of carbonyl (C=O) groups is 1. The van der Waals surface area contributed by atoms with Crippen LogP contribution in [0.4, 0.5) is 8.78 Å². The number of hydrogen-bond donors (Lipinski definition) is 1. The van der Waals surface area contributed by atoms with Crippen molar-refractivity contribution in [2.24, 2.45) is 0 Å². The molecule has 0 radical (unpaired) electrons. The van der Waals surface area contributed by atoms with E-state index in [1.807, 2.05) is 19.1 Å². The van der Waals surface area contributed by atoms with Crippen LogP contribution in [0.25, 0.3) is 16.6 Å². The van der Waals surface area contributed by atoms with E-state index in [0.717, 1.165) is 29.0 Å². The van der Waals surface area contributed by atoms with Crippen LogP contribution >= 0.6 is 0 Å². The molecule has 0 unspecified atom stereocenters. The Morgan fingerprint density at radius 2 is 2.04 bits per heavy atom. The fraction of sp³-hybridized carbons (Fsp3) is 0.333. The average Bonchev–Trinajstić information content (AvgIpc) is 2.94. The van der Waals surface area contributed by atoms with Crippen molar-refractivity contribution in [1.82, 2.24) is 9.88 Å². The summed E-state index contributed by atoms with van der Waals surface area (Å²) in [6.45, 7) is 3.06. The minimum atomic E-state index is -1.28. The van der Waals surface area contributed by atoms with Gasteiger partial charge in [-0.2, -0.15) is 0 Å². The standard InChI is InChI=1S/C21H18F2N2O3/c1-2-21(27)7-19(26)28-10-13-9-25-8-12-3-11-4-15(22)16(23)6-17(11)24-20(12)18(25)5-14(13)21/h3-6,27H,2,7-10H2,1H3/t21-/m1/s1. The third-order valence-electron chi connectivity index (χ3n) is 5.85. The van der Waals surface area contributed by atoms with Gasteiger partial charge in [-0.1, -0.05) is 6.92 Å². The Morgan fingerprint density at radius 1 is 1.25 bits per heavy atom. The molecule has 0 saturated carbocycles. The van der Waals surface area contributed by atoms with Crippen molar-refractivity contribution in [3.63, 3.8) is 0 Å². The van der Waals surface area contributed by atoms with Crippen molar-refractivity contribution in [3.8, 4) is 0 Å². The molecule has 1 N–H and O–H groups in total. The molecule has 5 rings (SSSR count). The van der Waals surface area contributed by atoms with Crippen molar-refractivity contribution in [2.45, 2.75) is 31.9 Å². The number of fused-ring (bicyclic) bond motifs is 4. The summed E-state index contributed by atoms with van der Waals surface area (Å²) >= 11 is 0. The number of carbonyl (C=O) groups excluding carboxylic acids is 1. The highest BCUT2D eigenvalue weighted by Gasteiger charge is 2.41. The normalized spacial score (nSPS) is 23.8. The number of nitrogens with zero attached hydrogens (tertiary/aromatic N) is 2. The lowest BCUT2D eigenvalue weighted by Gasteiger charge is -2.33. The van der Waals surface area contributed by atoms with E-state index < -0.39 is 23.2 Å². The largest absolute Gasteiger partial charge is 0.461 e. The molecule has 1 aromatic carbocycles. The molecule has 28 heavy (non-hydrogen) atoms. The average molecular weight is 384 g/mol. The first-order chi connectivity index (χ1) is 13.4.